The van der Waals surface area contributed by atoms with Gasteiger partial charge in [-0.3, -0.25) is 4.98 Å². The van der Waals surface area contributed by atoms with Crippen LogP contribution in [0.25, 0.3) is 0 Å². The van der Waals surface area contributed by atoms with E-state index >= 15 is 0 Å². The number of nitrogens with zero attached hydrogens (tertiary/aromatic N) is 3. The molecule has 0 N–H and O–H groups in total. The van der Waals surface area contributed by atoms with E-state index < -0.39 is 15.4 Å². The molecule has 6 nitrogen and oxygen atoms in total. The highest BCUT2D eigenvalue weighted by Gasteiger charge is 2.49. The number of hydrogen-bond acceptors (Lipinski definition) is 5. The molecule has 1 aromatic heterocycles. The predicted octanol–water partition coefficient (Wildman–Crippen LogP) is 1.17. The Morgan fingerprint density at radius 2 is 2.33 bits per heavy atom. The summed E-state index contributed by atoms with van der Waals surface area (Å²) in [6, 6.07) is 5.72. The average molecular weight is 307 g/mol. The summed E-state index contributed by atoms with van der Waals surface area (Å²) >= 11 is 0. The van der Waals surface area contributed by atoms with Crippen LogP contribution in [0.5, 0.6) is 5.75 Å². The van der Waals surface area contributed by atoms with Gasteiger partial charge in [0, 0.05) is 12.7 Å². The Labute approximate surface area is 124 Å². The van der Waals surface area contributed by atoms with E-state index in [9.17, 15) is 8.42 Å². The largest absolute Gasteiger partial charge is 0.487 e. The highest BCUT2D eigenvalue weighted by atomic mass is 32.2. The number of pyridine rings is 1. The third-order valence-corrected chi connectivity index (χ3v) is 6.02. The van der Waals surface area contributed by atoms with E-state index in [2.05, 4.69) is 11.1 Å². The van der Waals surface area contributed by atoms with Crippen molar-refractivity contribution in [1.82, 2.24) is 9.29 Å². The predicted molar refractivity (Wildman–Crippen MR) is 75.9 cm³/mol. The van der Waals surface area contributed by atoms with Crippen molar-refractivity contribution < 1.29 is 13.2 Å². The fourth-order valence-corrected chi connectivity index (χ4v) is 4.55. The molecule has 7 heteroatoms. The molecule has 2 fully saturated rings. The fraction of sp³-hybridized carbons (Fsp3) is 0.571. The monoisotopic (exact) mass is 307 g/mol. The molecule has 3 rings (SSSR count). The van der Waals surface area contributed by atoms with Crippen molar-refractivity contribution in [3.63, 3.8) is 0 Å². The normalized spacial score (nSPS) is 24.4. The molecule has 0 spiro atoms. The van der Waals surface area contributed by atoms with Crippen molar-refractivity contribution in [2.75, 3.05) is 18.8 Å². The second kappa shape index (κ2) is 5.28. The van der Waals surface area contributed by atoms with Crippen molar-refractivity contribution in [3.8, 4) is 11.8 Å². The lowest BCUT2D eigenvalue weighted by Gasteiger charge is -2.18. The molecule has 2 heterocycles. The first-order valence-electron chi connectivity index (χ1n) is 6.99. The van der Waals surface area contributed by atoms with Crippen LogP contribution >= 0.6 is 0 Å². The quantitative estimate of drug-likeness (QED) is 0.815. The van der Waals surface area contributed by atoms with Gasteiger partial charge < -0.3 is 4.74 Å². The van der Waals surface area contributed by atoms with E-state index in [-0.39, 0.29) is 11.9 Å². The minimum Gasteiger partial charge on any atom is -0.487 e. The summed E-state index contributed by atoms with van der Waals surface area (Å²) in [5.41, 5.74) is -0.638. The number of sulfonamides is 1. The van der Waals surface area contributed by atoms with Gasteiger partial charge in [-0.1, -0.05) is 0 Å². The van der Waals surface area contributed by atoms with Crippen molar-refractivity contribution in [3.05, 3.63) is 24.5 Å². The summed E-state index contributed by atoms with van der Waals surface area (Å²) < 4.78 is 31.9. The lowest BCUT2D eigenvalue weighted by molar-refractivity contribution is 0.214. The first-order valence-corrected chi connectivity index (χ1v) is 8.60. The van der Waals surface area contributed by atoms with E-state index in [1.165, 1.54) is 4.31 Å². The summed E-state index contributed by atoms with van der Waals surface area (Å²) in [5.74, 6) is 0.591. The minimum atomic E-state index is -3.38. The molecule has 1 aliphatic carbocycles. The molecule has 1 unspecified atom stereocenters. The van der Waals surface area contributed by atoms with Gasteiger partial charge in [-0.05, 0) is 31.4 Å². The Morgan fingerprint density at radius 3 is 2.95 bits per heavy atom. The van der Waals surface area contributed by atoms with Gasteiger partial charge in [0.25, 0.3) is 0 Å². The highest BCUT2D eigenvalue weighted by molar-refractivity contribution is 7.89. The number of hydrogen-bond donors (Lipinski definition) is 0. The van der Waals surface area contributed by atoms with Crippen LogP contribution in [0.1, 0.15) is 19.3 Å². The maximum absolute atomic E-state index is 12.4. The van der Waals surface area contributed by atoms with Gasteiger partial charge in [0.1, 0.15) is 11.9 Å². The Bertz CT molecular complexity index is 650. The van der Waals surface area contributed by atoms with Gasteiger partial charge in [-0.15, -0.1) is 0 Å². The Hall–Kier alpha value is -1.65. The SMILES string of the molecule is N#CC1(CS(=O)(=O)N2CCC(Oc3cccnc3)C2)CC1. The molecular formula is C14H17N3O3S. The van der Waals surface area contributed by atoms with Gasteiger partial charge in [0.15, 0.2) is 0 Å². The van der Waals surface area contributed by atoms with Crippen LogP contribution in [0.15, 0.2) is 24.5 Å². The van der Waals surface area contributed by atoms with Crippen molar-refractivity contribution >= 4 is 10.0 Å². The summed E-state index contributed by atoms with van der Waals surface area (Å²) in [6.45, 7) is 0.799. The van der Waals surface area contributed by atoms with Crippen LogP contribution in [0.4, 0.5) is 0 Å². The number of rotatable bonds is 5. The minimum absolute atomic E-state index is 0.0594. The molecule has 0 amide bonds. The van der Waals surface area contributed by atoms with Crippen LogP contribution in [0.3, 0.4) is 0 Å². The van der Waals surface area contributed by atoms with Gasteiger partial charge in [0.05, 0.1) is 30.0 Å². The molecule has 1 saturated heterocycles. The van der Waals surface area contributed by atoms with Crippen LogP contribution in [0.2, 0.25) is 0 Å². The van der Waals surface area contributed by atoms with Crippen LogP contribution in [0, 0.1) is 16.7 Å². The van der Waals surface area contributed by atoms with Gasteiger partial charge in [0.2, 0.25) is 10.0 Å². The van der Waals surface area contributed by atoms with Crippen molar-refractivity contribution in [2.45, 2.75) is 25.4 Å². The van der Waals surface area contributed by atoms with Gasteiger partial charge >= 0.3 is 0 Å². The number of nitriles is 1. The zero-order chi connectivity index (χ0) is 14.9. The van der Waals surface area contributed by atoms with E-state index in [1.54, 1.807) is 24.5 Å². The Balaban J connectivity index is 1.60. The number of aromatic nitrogens is 1. The zero-order valence-corrected chi connectivity index (χ0v) is 12.4. The van der Waals surface area contributed by atoms with E-state index in [0.29, 0.717) is 38.1 Å². The molecule has 1 aliphatic heterocycles. The van der Waals surface area contributed by atoms with Crippen molar-refractivity contribution in [1.29, 1.82) is 5.26 Å². The Morgan fingerprint density at radius 1 is 1.52 bits per heavy atom. The first kappa shape index (κ1) is 14.3. The smallest absolute Gasteiger partial charge is 0.215 e. The summed E-state index contributed by atoms with van der Waals surface area (Å²) in [7, 11) is -3.38. The lowest BCUT2D eigenvalue weighted by atomic mass is 10.2. The third kappa shape index (κ3) is 3.17. The maximum Gasteiger partial charge on any atom is 0.215 e. The van der Waals surface area contributed by atoms with E-state index in [0.717, 1.165) is 0 Å². The second-order valence-electron chi connectivity index (χ2n) is 5.72. The third-order valence-electron chi connectivity index (χ3n) is 3.99. The molecule has 0 radical (unpaired) electrons. The fourth-order valence-electron chi connectivity index (χ4n) is 2.54. The summed E-state index contributed by atoms with van der Waals surface area (Å²) in [6.07, 6.45) is 5.16. The maximum atomic E-state index is 12.4. The molecule has 112 valence electrons. The molecule has 0 aromatic carbocycles. The van der Waals surface area contributed by atoms with Crippen LogP contribution in [-0.4, -0.2) is 42.7 Å². The standard InChI is InChI=1S/C14H17N3O3S/c15-10-14(4-5-14)11-21(18,19)17-7-3-13(9-17)20-12-2-1-6-16-8-12/h1-2,6,8,13H,3-5,7,9,11H2. The topological polar surface area (TPSA) is 83.3 Å². The van der Waals surface area contributed by atoms with Gasteiger partial charge in [-0.2, -0.15) is 9.57 Å². The molecule has 1 atom stereocenters. The average Bonchev–Trinajstić information content (AvgIpc) is 3.06. The first-order chi connectivity index (χ1) is 10.0. The molecule has 1 saturated carbocycles. The second-order valence-corrected chi connectivity index (χ2v) is 7.69. The van der Waals surface area contributed by atoms with Gasteiger partial charge in [-0.25, -0.2) is 8.42 Å². The van der Waals surface area contributed by atoms with E-state index in [4.69, 9.17) is 10.00 Å². The zero-order valence-electron chi connectivity index (χ0n) is 11.6. The van der Waals surface area contributed by atoms with Crippen LogP contribution in [-0.2, 0) is 10.0 Å². The van der Waals surface area contributed by atoms with Crippen molar-refractivity contribution in [2.24, 2.45) is 5.41 Å². The Kier molecular flexibility index (Phi) is 3.59. The molecule has 2 aliphatic rings. The molecular weight excluding hydrogens is 290 g/mol. The molecule has 0 bridgehead atoms. The number of ether oxygens (including phenoxy) is 1. The summed E-state index contributed by atoms with van der Waals surface area (Å²) in [4.78, 5) is 3.97. The van der Waals surface area contributed by atoms with Crippen LogP contribution < -0.4 is 4.74 Å². The van der Waals surface area contributed by atoms with E-state index in [1.807, 2.05) is 0 Å². The summed E-state index contributed by atoms with van der Waals surface area (Å²) in [5, 5.41) is 9.04. The molecule has 1 aromatic rings. The lowest BCUT2D eigenvalue weighted by Crippen LogP contribution is -2.35. The highest BCUT2D eigenvalue weighted by Crippen LogP contribution is 2.46. The molecule has 21 heavy (non-hydrogen) atoms.